The minimum atomic E-state index is 0.980. The zero-order valence-electron chi connectivity index (χ0n) is 26.0. The Labute approximate surface area is 230 Å². The lowest BCUT2D eigenvalue weighted by Gasteiger charge is -2.22. The highest BCUT2D eigenvalue weighted by molar-refractivity contribution is 4.93. The van der Waals surface area contributed by atoms with E-state index in [0.717, 1.165) is 5.92 Å². The lowest BCUT2D eigenvalue weighted by molar-refractivity contribution is 0.256. The molecule has 0 N–H and O–H groups in total. The second-order valence-electron chi connectivity index (χ2n) is 12.0. The molecule has 0 fully saturated rings. The van der Waals surface area contributed by atoms with Crippen molar-refractivity contribution in [1.82, 2.24) is 4.90 Å². The molecule has 0 aromatic heterocycles. The molecule has 0 aliphatic rings. The third-order valence-corrected chi connectivity index (χ3v) is 8.24. The molecule has 0 heterocycles. The van der Waals surface area contributed by atoms with Crippen LogP contribution >= 0.6 is 0 Å². The van der Waals surface area contributed by atoms with E-state index in [4.69, 9.17) is 0 Å². The Kier molecular flexibility index (Phi) is 29.0. The van der Waals surface area contributed by atoms with Crippen LogP contribution in [0.4, 0.5) is 0 Å². The molecule has 0 aliphatic heterocycles. The van der Waals surface area contributed by atoms with Gasteiger partial charge in [-0.15, -0.1) is 0 Å². The fourth-order valence-electron chi connectivity index (χ4n) is 5.64. The fraction of sp³-hybridized carbons (Fsp3) is 0.943. The molecule has 0 bridgehead atoms. The average Bonchev–Trinajstić information content (AvgIpc) is 2.88. The van der Waals surface area contributed by atoms with E-state index < -0.39 is 0 Å². The van der Waals surface area contributed by atoms with Crippen molar-refractivity contribution in [3.05, 3.63) is 12.2 Å². The van der Waals surface area contributed by atoms with Crippen LogP contribution in [0.5, 0.6) is 0 Å². The summed E-state index contributed by atoms with van der Waals surface area (Å²) in [7, 11) is 0. The van der Waals surface area contributed by atoms with Gasteiger partial charge in [0.1, 0.15) is 0 Å². The molecule has 0 atom stereocenters. The molecular weight excluding hydrogens is 434 g/mol. The summed E-state index contributed by atoms with van der Waals surface area (Å²) in [5.74, 6) is 0.980. The van der Waals surface area contributed by atoms with Gasteiger partial charge in [-0.1, -0.05) is 155 Å². The molecule has 0 rings (SSSR count). The van der Waals surface area contributed by atoms with Gasteiger partial charge in [0.25, 0.3) is 0 Å². The Bertz CT molecular complexity index is 418. The summed E-state index contributed by atoms with van der Waals surface area (Å²) in [6.45, 7) is 17.7. The molecular formula is C35H71N. The number of unbranched alkanes of at least 4 members (excludes halogenated alkanes) is 14. The molecule has 0 unspecified atom stereocenters. The smallest absolute Gasteiger partial charge is 0.00187 e. The largest absolute Gasteiger partial charge is 0.303 e. The van der Waals surface area contributed by atoms with Crippen molar-refractivity contribution in [2.75, 3.05) is 19.6 Å². The summed E-state index contributed by atoms with van der Waals surface area (Å²) >= 11 is 0. The molecule has 0 spiro atoms. The van der Waals surface area contributed by atoms with Crippen molar-refractivity contribution in [1.29, 1.82) is 0 Å². The van der Waals surface area contributed by atoms with Gasteiger partial charge in [0.15, 0.2) is 0 Å². The number of hydrogen-bond donors (Lipinski definition) is 0. The summed E-state index contributed by atoms with van der Waals surface area (Å²) < 4.78 is 0. The van der Waals surface area contributed by atoms with Gasteiger partial charge in [0.05, 0.1) is 0 Å². The number of hydrogen-bond acceptors (Lipinski definition) is 1. The fourth-order valence-corrected chi connectivity index (χ4v) is 5.64. The van der Waals surface area contributed by atoms with E-state index in [1.54, 1.807) is 0 Å². The summed E-state index contributed by atoms with van der Waals surface area (Å²) in [6, 6.07) is 0. The summed E-state index contributed by atoms with van der Waals surface area (Å²) in [5, 5.41) is 0. The third-order valence-electron chi connectivity index (χ3n) is 8.24. The maximum atomic E-state index is 4.43. The lowest BCUT2D eigenvalue weighted by atomic mass is 9.89. The molecule has 36 heavy (non-hydrogen) atoms. The van der Waals surface area contributed by atoms with Crippen LogP contribution in [-0.4, -0.2) is 24.5 Å². The molecule has 0 aliphatic carbocycles. The van der Waals surface area contributed by atoms with E-state index in [9.17, 15) is 0 Å². The van der Waals surface area contributed by atoms with Gasteiger partial charge in [-0.2, -0.15) is 0 Å². The van der Waals surface area contributed by atoms with Crippen LogP contribution in [0.3, 0.4) is 0 Å². The Morgan fingerprint density at radius 1 is 0.444 bits per heavy atom. The highest BCUT2D eigenvalue weighted by Crippen LogP contribution is 2.25. The standard InChI is InChI=1S/C35H71N/c1-6-10-14-15-18-23-32-36(31-13-9-4)33-24-19-16-17-22-26-34(5)27-25-30-35(28-20-11-7-2)29-21-12-8-3/h35H,5-33H2,1-4H3. The molecule has 216 valence electrons. The van der Waals surface area contributed by atoms with Crippen LogP contribution in [0.25, 0.3) is 0 Å². The zero-order valence-corrected chi connectivity index (χ0v) is 26.0. The van der Waals surface area contributed by atoms with Crippen molar-refractivity contribution in [2.24, 2.45) is 5.92 Å². The second kappa shape index (κ2) is 29.3. The van der Waals surface area contributed by atoms with Crippen LogP contribution in [-0.2, 0) is 0 Å². The minimum Gasteiger partial charge on any atom is -0.303 e. The van der Waals surface area contributed by atoms with Gasteiger partial charge >= 0.3 is 0 Å². The van der Waals surface area contributed by atoms with Crippen molar-refractivity contribution >= 4 is 0 Å². The first kappa shape index (κ1) is 35.7. The van der Waals surface area contributed by atoms with Gasteiger partial charge in [0.2, 0.25) is 0 Å². The van der Waals surface area contributed by atoms with Gasteiger partial charge in [-0.3, -0.25) is 0 Å². The van der Waals surface area contributed by atoms with Gasteiger partial charge in [-0.25, -0.2) is 0 Å². The Balaban J connectivity index is 3.84. The highest BCUT2D eigenvalue weighted by atomic mass is 15.1. The van der Waals surface area contributed by atoms with Crippen LogP contribution in [0, 0.1) is 5.92 Å². The summed E-state index contributed by atoms with van der Waals surface area (Å²) in [4.78, 5) is 2.77. The zero-order chi connectivity index (χ0) is 26.5. The van der Waals surface area contributed by atoms with E-state index in [-0.39, 0.29) is 0 Å². The van der Waals surface area contributed by atoms with Crippen molar-refractivity contribution in [2.45, 2.75) is 188 Å². The lowest BCUT2D eigenvalue weighted by Crippen LogP contribution is -2.27. The number of nitrogens with zero attached hydrogens (tertiary/aromatic N) is 1. The van der Waals surface area contributed by atoms with Crippen LogP contribution in [0.15, 0.2) is 12.2 Å². The molecule has 0 amide bonds. The van der Waals surface area contributed by atoms with Crippen molar-refractivity contribution < 1.29 is 0 Å². The molecule has 1 nitrogen and oxygen atoms in total. The molecule has 1 heteroatoms. The monoisotopic (exact) mass is 506 g/mol. The second-order valence-corrected chi connectivity index (χ2v) is 12.0. The predicted octanol–water partition coefficient (Wildman–Crippen LogP) is 12.3. The first-order valence-corrected chi connectivity index (χ1v) is 17.1. The highest BCUT2D eigenvalue weighted by Gasteiger charge is 2.09. The van der Waals surface area contributed by atoms with E-state index >= 15 is 0 Å². The van der Waals surface area contributed by atoms with Crippen molar-refractivity contribution in [3.63, 3.8) is 0 Å². The maximum absolute atomic E-state index is 4.43. The third kappa shape index (κ3) is 25.4. The normalized spacial score (nSPS) is 11.7. The molecule has 0 saturated heterocycles. The molecule has 0 saturated carbocycles. The maximum Gasteiger partial charge on any atom is -0.00187 e. The Morgan fingerprint density at radius 2 is 0.833 bits per heavy atom. The van der Waals surface area contributed by atoms with Gasteiger partial charge in [-0.05, 0) is 70.5 Å². The number of rotatable bonds is 30. The Hall–Kier alpha value is -0.300. The van der Waals surface area contributed by atoms with E-state index in [0.29, 0.717) is 0 Å². The molecule has 0 aromatic carbocycles. The average molecular weight is 506 g/mol. The van der Waals surface area contributed by atoms with Crippen LogP contribution < -0.4 is 0 Å². The summed E-state index contributed by atoms with van der Waals surface area (Å²) in [6.07, 6.45) is 35.0. The van der Waals surface area contributed by atoms with E-state index in [2.05, 4.69) is 39.2 Å². The van der Waals surface area contributed by atoms with Crippen LogP contribution in [0.1, 0.15) is 188 Å². The van der Waals surface area contributed by atoms with E-state index in [1.807, 2.05) is 0 Å². The summed E-state index contributed by atoms with van der Waals surface area (Å²) in [5.41, 5.74) is 1.53. The first-order chi connectivity index (χ1) is 17.7. The van der Waals surface area contributed by atoms with Crippen LogP contribution in [0.2, 0.25) is 0 Å². The topological polar surface area (TPSA) is 3.24 Å². The quantitative estimate of drug-likeness (QED) is 0.0692. The van der Waals surface area contributed by atoms with Gasteiger partial charge in [0, 0.05) is 0 Å². The van der Waals surface area contributed by atoms with E-state index in [1.165, 1.54) is 186 Å². The SMILES string of the molecule is C=C(CCCCCCCN(CCCC)CCCCCCCC)CCCC(CCCCC)CCCCC. The van der Waals surface area contributed by atoms with Gasteiger partial charge < -0.3 is 4.90 Å². The molecule has 0 radical (unpaired) electrons. The Morgan fingerprint density at radius 3 is 1.39 bits per heavy atom. The number of allylic oxidation sites excluding steroid dienone is 1. The first-order valence-electron chi connectivity index (χ1n) is 17.1. The predicted molar refractivity (Wildman–Crippen MR) is 167 cm³/mol. The van der Waals surface area contributed by atoms with Crippen molar-refractivity contribution in [3.8, 4) is 0 Å². The minimum absolute atomic E-state index is 0.980. The molecule has 0 aromatic rings.